The van der Waals surface area contributed by atoms with Crippen LogP contribution in [0.4, 0.5) is 0 Å². The van der Waals surface area contributed by atoms with Crippen molar-refractivity contribution in [3.63, 3.8) is 0 Å². The van der Waals surface area contributed by atoms with Crippen molar-refractivity contribution in [3.8, 4) is 0 Å². The van der Waals surface area contributed by atoms with Crippen LogP contribution in [0.5, 0.6) is 0 Å². The first-order valence-electron chi connectivity index (χ1n) is 17.6. The third kappa shape index (κ3) is 12.7. The van der Waals surface area contributed by atoms with Gasteiger partial charge in [0, 0.05) is 38.6 Å². The highest BCUT2D eigenvalue weighted by molar-refractivity contribution is 5.79. The monoisotopic (exact) mass is 533 g/mol. The van der Waals surface area contributed by atoms with E-state index in [-0.39, 0.29) is 5.92 Å². The van der Waals surface area contributed by atoms with Crippen LogP contribution in [0.25, 0.3) is 0 Å². The van der Waals surface area contributed by atoms with Crippen LogP contribution in [0.2, 0.25) is 0 Å². The molecule has 0 N–H and O–H groups in total. The van der Waals surface area contributed by atoms with Crippen LogP contribution in [-0.4, -0.2) is 48.4 Å². The Hall–Kier alpha value is -0.570. The van der Waals surface area contributed by atoms with Gasteiger partial charge in [-0.25, -0.2) is 0 Å². The lowest BCUT2D eigenvalue weighted by Gasteiger charge is -2.55. The summed E-state index contributed by atoms with van der Waals surface area (Å²) in [6.07, 6.45) is 29.0. The van der Waals surface area contributed by atoms with E-state index < -0.39 is 0 Å². The first-order valence-corrected chi connectivity index (χ1v) is 17.6. The molecule has 0 aliphatic carbocycles. The van der Waals surface area contributed by atoms with Crippen molar-refractivity contribution in [2.75, 3.05) is 32.7 Å². The molecule has 2 rings (SSSR count). The van der Waals surface area contributed by atoms with Gasteiger partial charge in [-0.15, -0.1) is 0 Å². The zero-order chi connectivity index (χ0) is 27.5. The maximum atomic E-state index is 13.6. The van der Waals surface area contributed by atoms with Crippen molar-refractivity contribution in [2.24, 2.45) is 17.3 Å². The minimum absolute atomic E-state index is 0.289. The van der Waals surface area contributed by atoms with E-state index >= 15 is 0 Å². The Morgan fingerprint density at radius 2 is 1.03 bits per heavy atom. The molecule has 2 aliphatic heterocycles. The highest BCUT2D eigenvalue weighted by Crippen LogP contribution is 2.41. The fourth-order valence-corrected chi connectivity index (χ4v) is 7.25. The molecule has 0 aromatic rings. The largest absolute Gasteiger partial charge is 0.342 e. The van der Waals surface area contributed by atoms with Gasteiger partial charge in [0.2, 0.25) is 5.91 Å². The average molecular weight is 533 g/mol. The summed E-state index contributed by atoms with van der Waals surface area (Å²) in [5, 5.41) is 0. The van der Waals surface area contributed by atoms with E-state index in [9.17, 15) is 4.79 Å². The summed E-state index contributed by atoms with van der Waals surface area (Å²) < 4.78 is 0. The van der Waals surface area contributed by atoms with Gasteiger partial charge < -0.3 is 9.80 Å². The van der Waals surface area contributed by atoms with Gasteiger partial charge in [-0.3, -0.25) is 4.79 Å². The molecule has 2 aliphatic rings. The molecule has 2 saturated heterocycles. The minimum atomic E-state index is 0.289. The van der Waals surface area contributed by atoms with Crippen LogP contribution >= 0.6 is 0 Å². The maximum absolute atomic E-state index is 13.6. The third-order valence-corrected chi connectivity index (χ3v) is 9.86. The van der Waals surface area contributed by atoms with Crippen LogP contribution in [0.15, 0.2) is 0 Å². The number of hydrogen-bond donors (Lipinski definition) is 0. The molecule has 3 nitrogen and oxygen atoms in total. The fourth-order valence-electron chi connectivity index (χ4n) is 7.25. The summed E-state index contributed by atoms with van der Waals surface area (Å²) in [7, 11) is 0. The molecule has 2 unspecified atom stereocenters. The van der Waals surface area contributed by atoms with Crippen LogP contribution < -0.4 is 0 Å². The molecule has 2 heterocycles. The number of carbonyl (C=O) groups is 1. The molecule has 0 saturated carbocycles. The van der Waals surface area contributed by atoms with Gasteiger partial charge in [-0.05, 0) is 49.9 Å². The standard InChI is InChI=1S/C35H68N2O/c1-5-9-13-16-20-24-33(23-19-15-11-7-3)34(38)37-27-25-35(26-28-37)30-36(31-35)29-32(21-17-12-8-4)22-18-14-10-6-2/h32-33H,5-31H2,1-4H3. The van der Waals surface area contributed by atoms with Crippen LogP contribution in [0.3, 0.4) is 0 Å². The molecule has 2 fully saturated rings. The predicted octanol–water partition coefficient (Wildman–Crippen LogP) is 10.0. The minimum Gasteiger partial charge on any atom is -0.342 e. The average Bonchev–Trinajstić information content (AvgIpc) is 2.91. The molecular weight excluding hydrogens is 464 g/mol. The number of piperidine rings is 1. The number of unbranched alkanes of at least 4 members (excludes halogenated alkanes) is 12. The van der Waals surface area contributed by atoms with Crippen LogP contribution in [0, 0.1) is 17.3 Å². The molecule has 3 heteroatoms. The molecule has 0 aromatic heterocycles. The Labute approximate surface area is 239 Å². The van der Waals surface area contributed by atoms with E-state index in [0.29, 0.717) is 11.3 Å². The van der Waals surface area contributed by atoms with Gasteiger partial charge in [0.15, 0.2) is 0 Å². The Morgan fingerprint density at radius 1 is 0.605 bits per heavy atom. The summed E-state index contributed by atoms with van der Waals surface area (Å²) in [4.78, 5) is 18.7. The molecule has 0 radical (unpaired) electrons. The van der Waals surface area contributed by atoms with E-state index in [1.165, 1.54) is 148 Å². The van der Waals surface area contributed by atoms with Crippen molar-refractivity contribution >= 4 is 5.91 Å². The summed E-state index contributed by atoms with van der Waals surface area (Å²) in [5.74, 6) is 1.70. The maximum Gasteiger partial charge on any atom is 0.225 e. The molecular formula is C35H68N2O. The molecule has 1 spiro atoms. The van der Waals surface area contributed by atoms with Gasteiger partial charge in [-0.1, -0.05) is 130 Å². The van der Waals surface area contributed by atoms with Gasteiger partial charge in [0.1, 0.15) is 0 Å². The zero-order valence-corrected chi connectivity index (χ0v) is 26.5. The van der Waals surface area contributed by atoms with E-state index in [4.69, 9.17) is 0 Å². The fraction of sp³-hybridized carbons (Fsp3) is 0.971. The SMILES string of the molecule is CCCCCCCC(CCCCCC)C(=O)N1CCC2(CC1)CN(CC(CCCCC)CCCCCC)C2. The summed E-state index contributed by atoms with van der Waals surface area (Å²) in [5.41, 5.74) is 0.518. The first-order chi connectivity index (χ1) is 18.6. The van der Waals surface area contributed by atoms with E-state index in [1.807, 2.05) is 0 Å². The number of likely N-dealkylation sites (tertiary alicyclic amines) is 2. The molecule has 2 atom stereocenters. The Kier molecular flexibility index (Phi) is 18.0. The summed E-state index contributed by atoms with van der Waals surface area (Å²) >= 11 is 0. The molecule has 1 amide bonds. The van der Waals surface area contributed by atoms with Crippen molar-refractivity contribution in [2.45, 2.75) is 169 Å². The quantitative estimate of drug-likeness (QED) is 0.122. The smallest absolute Gasteiger partial charge is 0.225 e. The van der Waals surface area contributed by atoms with Gasteiger partial charge >= 0.3 is 0 Å². The number of amides is 1. The van der Waals surface area contributed by atoms with E-state index in [2.05, 4.69) is 37.5 Å². The number of carbonyl (C=O) groups excluding carboxylic acids is 1. The van der Waals surface area contributed by atoms with Crippen LogP contribution in [-0.2, 0) is 4.79 Å². The highest BCUT2D eigenvalue weighted by atomic mass is 16.2. The number of nitrogens with zero attached hydrogens (tertiary/aromatic N) is 2. The third-order valence-electron chi connectivity index (χ3n) is 9.86. The molecule has 38 heavy (non-hydrogen) atoms. The second-order valence-corrected chi connectivity index (χ2v) is 13.5. The normalized spacial score (nSPS) is 19.0. The van der Waals surface area contributed by atoms with Gasteiger partial charge in [0.05, 0.1) is 0 Å². The zero-order valence-electron chi connectivity index (χ0n) is 26.5. The van der Waals surface area contributed by atoms with Crippen molar-refractivity contribution in [1.82, 2.24) is 9.80 Å². The predicted molar refractivity (Wildman–Crippen MR) is 167 cm³/mol. The highest BCUT2D eigenvalue weighted by Gasteiger charge is 2.45. The second-order valence-electron chi connectivity index (χ2n) is 13.5. The Morgan fingerprint density at radius 3 is 1.55 bits per heavy atom. The number of hydrogen-bond acceptors (Lipinski definition) is 2. The number of rotatable bonds is 23. The molecule has 0 aromatic carbocycles. The summed E-state index contributed by atoms with van der Waals surface area (Å²) in [6, 6.07) is 0. The lowest BCUT2D eigenvalue weighted by Crippen LogP contribution is -2.61. The topological polar surface area (TPSA) is 23.6 Å². The lowest BCUT2D eigenvalue weighted by molar-refractivity contribution is -0.141. The second kappa shape index (κ2) is 20.3. The molecule has 224 valence electrons. The van der Waals surface area contributed by atoms with Crippen LogP contribution in [0.1, 0.15) is 169 Å². The van der Waals surface area contributed by atoms with Gasteiger partial charge in [0.25, 0.3) is 0 Å². The molecule has 0 bridgehead atoms. The van der Waals surface area contributed by atoms with Crippen molar-refractivity contribution < 1.29 is 4.79 Å². The van der Waals surface area contributed by atoms with E-state index in [0.717, 1.165) is 31.8 Å². The van der Waals surface area contributed by atoms with Gasteiger partial charge in [-0.2, -0.15) is 0 Å². The Bertz CT molecular complexity index is 574. The first kappa shape index (κ1) is 33.6. The summed E-state index contributed by atoms with van der Waals surface area (Å²) in [6.45, 7) is 15.2. The van der Waals surface area contributed by atoms with E-state index in [1.54, 1.807) is 0 Å². The van der Waals surface area contributed by atoms with Crippen molar-refractivity contribution in [1.29, 1.82) is 0 Å². The lowest BCUT2D eigenvalue weighted by atomic mass is 9.71. The Balaban J connectivity index is 1.76. The van der Waals surface area contributed by atoms with Crippen molar-refractivity contribution in [3.05, 3.63) is 0 Å².